The third-order valence-corrected chi connectivity index (χ3v) is 4.91. The van der Waals surface area contributed by atoms with Crippen LogP contribution in [0.2, 0.25) is 0 Å². The summed E-state index contributed by atoms with van der Waals surface area (Å²) in [7, 11) is 3.57. The third kappa shape index (κ3) is 3.72. The highest BCUT2D eigenvalue weighted by molar-refractivity contribution is 5.95. The maximum Gasteiger partial charge on any atom is 0.251 e. The lowest BCUT2D eigenvalue weighted by Gasteiger charge is -2.15. The average molecular weight is 363 g/mol. The van der Waals surface area contributed by atoms with Gasteiger partial charge in [0.05, 0.1) is 18.8 Å². The number of methoxy groups -OCH3 is 1. The standard InChI is InChI=1S/C22H25N3O2/c1-14(21-15(2)24-25(4)16(21)3)23-22(26)18-12-10-17(11-13-18)19-8-6-7-9-20(19)27-5/h6-14H,1-5H3,(H,23,26)/t14-/m1/s1. The Morgan fingerprint density at radius 2 is 1.78 bits per heavy atom. The second-order valence-corrected chi connectivity index (χ2v) is 6.68. The van der Waals surface area contributed by atoms with Crippen molar-refractivity contribution >= 4 is 5.91 Å². The Morgan fingerprint density at radius 3 is 2.37 bits per heavy atom. The second kappa shape index (κ2) is 7.66. The van der Waals surface area contributed by atoms with E-state index >= 15 is 0 Å². The first-order valence-electron chi connectivity index (χ1n) is 8.96. The van der Waals surface area contributed by atoms with Gasteiger partial charge in [0.15, 0.2) is 0 Å². The van der Waals surface area contributed by atoms with E-state index in [9.17, 15) is 4.79 Å². The van der Waals surface area contributed by atoms with Crippen LogP contribution in [0.4, 0.5) is 0 Å². The van der Waals surface area contributed by atoms with Gasteiger partial charge in [0.2, 0.25) is 0 Å². The molecule has 1 atom stereocenters. The number of para-hydroxylation sites is 1. The number of nitrogens with one attached hydrogen (secondary N) is 1. The predicted octanol–water partition coefficient (Wildman–Crippen LogP) is 4.20. The van der Waals surface area contributed by atoms with Gasteiger partial charge in [0.1, 0.15) is 5.75 Å². The first-order chi connectivity index (χ1) is 12.9. The first kappa shape index (κ1) is 18.7. The minimum atomic E-state index is -0.111. The number of nitrogens with zero attached hydrogens (tertiary/aromatic N) is 2. The number of aromatic nitrogens is 2. The summed E-state index contributed by atoms with van der Waals surface area (Å²) in [6.45, 7) is 5.96. The molecule has 5 heteroatoms. The van der Waals surface area contributed by atoms with Crippen LogP contribution in [0.25, 0.3) is 11.1 Å². The van der Waals surface area contributed by atoms with Crippen molar-refractivity contribution in [3.8, 4) is 16.9 Å². The van der Waals surface area contributed by atoms with Gasteiger partial charge in [-0.25, -0.2) is 0 Å². The summed E-state index contributed by atoms with van der Waals surface area (Å²) >= 11 is 0. The molecule has 0 spiro atoms. The summed E-state index contributed by atoms with van der Waals surface area (Å²) in [6, 6.07) is 15.3. The lowest BCUT2D eigenvalue weighted by Crippen LogP contribution is -2.27. The summed E-state index contributed by atoms with van der Waals surface area (Å²) < 4.78 is 7.26. The van der Waals surface area contributed by atoms with E-state index in [0.29, 0.717) is 5.56 Å². The van der Waals surface area contributed by atoms with Gasteiger partial charge in [0.25, 0.3) is 5.91 Å². The number of rotatable bonds is 5. The number of hydrogen-bond acceptors (Lipinski definition) is 3. The van der Waals surface area contributed by atoms with Crippen molar-refractivity contribution in [2.75, 3.05) is 7.11 Å². The summed E-state index contributed by atoms with van der Waals surface area (Å²) in [5.41, 5.74) is 5.70. The topological polar surface area (TPSA) is 56.1 Å². The van der Waals surface area contributed by atoms with Crippen LogP contribution >= 0.6 is 0 Å². The van der Waals surface area contributed by atoms with Crippen molar-refractivity contribution in [3.63, 3.8) is 0 Å². The molecule has 3 aromatic rings. The fourth-order valence-corrected chi connectivity index (χ4v) is 3.45. The molecule has 140 valence electrons. The highest BCUT2D eigenvalue weighted by Crippen LogP contribution is 2.29. The summed E-state index contributed by atoms with van der Waals surface area (Å²) in [5.74, 6) is 0.711. The van der Waals surface area contributed by atoms with Crippen LogP contribution < -0.4 is 10.1 Å². The van der Waals surface area contributed by atoms with E-state index in [1.807, 2.05) is 81.0 Å². The van der Waals surface area contributed by atoms with Crippen molar-refractivity contribution in [3.05, 3.63) is 71.0 Å². The van der Waals surface area contributed by atoms with Crippen molar-refractivity contribution in [2.24, 2.45) is 7.05 Å². The largest absolute Gasteiger partial charge is 0.496 e. The molecule has 27 heavy (non-hydrogen) atoms. The van der Waals surface area contributed by atoms with Crippen LogP contribution in [0.5, 0.6) is 5.75 Å². The number of carbonyl (C=O) groups excluding carboxylic acids is 1. The molecule has 1 N–H and O–H groups in total. The van der Waals surface area contributed by atoms with Crippen molar-refractivity contribution in [1.29, 1.82) is 0 Å². The normalized spacial score (nSPS) is 11.9. The monoisotopic (exact) mass is 363 g/mol. The molecule has 1 amide bonds. The van der Waals surface area contributed by atoms with Crippen LogP contribution in [0.15, 0.2) is 48.5 Å². The Hall–Kier alpha value is -3.08. The molecule has 0 aliphatic heterocycles. The van der Waals surface area contributed by atoms with Crippen LogP contribution in [0.1, 0.15) is 40.3 Å². The van der Waals surface area contributed by atoms with Crippen molar-refractivity contribution in [1.82, 2.24) is 15.1 Å². The van der Waals surface area contributed by atoms with Gasteiger partial charge in [-0.3, -0.25) is 9.48 Å². The summed E-state index contributed by atoms with van der Waals surface area (Å²) in [5, 5.41) is 7.50. The van der Waals surface area contributed by atoms with Gasteiger partial charge in [-0.2, -0.15) is 5.10 Å². The predicted molar refractivity (Wildman–Crippen MR) is 107 cm³/mol. The summed E-state index contributed by atoms with van der Waals surface area (Å²) in [4.78, 5) is 12.7. The zero-order chi connectivity index (χ0) is 19.6. The van der Waals surface area contributed by atoms with Crippen LogP contribution in [0.3, 0.4) is 0 Å². The quantitative estimate of drug-likeness (QED) is 0.739. The Bertz CT molecular complexity index is 958. The number of benzene rings is 2. The van der Waals surface area contributed by atoms with E-state index in [1.165, 1.54) is 0 Å². The molecule has 1 aromatic heterocycles. The van der Waals surface area contributed by atoms with Gasteiger partial charge in [0, 0.05) is 29.4 Å². The highest BCUT2D eigenvalue weighted by Gasteiger charge is 2.19. The minimum Gasteiger partial charge on any atom is -0.496 e. The molecule has 2 aromatic carbocycles. The second-order valence-electron chi connectivity index (χ2n) is 6.68. The van der Waals surface area contributed by atoms with Crippen LogP contribution in [0, 0.1) is 13.8 Å². The van der Waals surface area contributed by atoms with E-state index in [4.69, 9.17) is 4.74 Å². The number of carbonyl (C=O) groups is 1. The van der Waals surface area contributed by atoms with Crippen molar-refractivity contribution < 1.29 is 9.53 Å². The molecule has 0 fully saturated rings. The van der Waals surface area contributed by atoms with Gasteiger partial charge in [-0.05, 0) is 44.5 Å². The molecule has 3 rings (SSSR count). The molecular weight excluding hydrogens is 338 g/mol. The molecule has 5 nitrogen and oxygen atoms in total. The molecular formula is C22H25N3O2. The summed E-state index contributed by atoms with van der Waals surface area (Å²) in [6.07, 6.45) is 0. The van der Waals surface area contributed by atoms with E-state index < -0.39 is 0 Å². The molecule has 0 unspecified atom stereocenters. The Labute approximate surface area is 160 Å². The van der Waals surface area contributed by atoms with Gasteiger partial charge in [-0.1, -0.05) is 30.3 Å². The molecule has 0 bridgehead atoms. The van der Waals surface area contributed by atoms with E-state index in [0.717, 1.165) is 33.8 Å². The SMILES string of the molecule is COc1ccccc1-c1ccc(C(=O)N[C@H](C)c2c(C)nn(C)c2C)cc1. The van der Waals surface area contributed by atoms with Gasteiger partial charge >= 0.3 is 0 Å². The Balaban J connectivity index is 1.78. The third-order valence-electron chi connectivity index (χ3n) is 4.91. The van der Waals surface area contributed by atoms with Crippen LogP contribution in [-0.4, -0.2) is 22.8 Å². The van der Waals surface area contributed by atoms with E-state index in [-0.39, 0.29) is 11.9 Å². The molecule has 0 aliphatic rings. The maximum atomic E-state index is 12.7. The average Bonchev–Trinajstić information content (AvgIpc) is 2.93. The zero-order valence-corrected chi connectivity index (χ0v) is 16.4. The number of hydrogen-bond donors (Lipinski definition) is 1. The number of amides is 1. The number of aryl methyl sites for hydroxylation is 2. The van der Waals surface area contributed by atoms with Gasteiger partial charge < -0.3 is 10.1 Å². The van der Waals surface area contributed by atoms with Crippen molar-refractivity contribution in [2.45, 2.75) is 26.8 Å². The lowest BCUT2D eigenvalue weighted by molar-refractivity contribution is 0.0940. The Morgan fingerprint density at radius 1 is 1.11 bits per heavy atom. The Kier molecular flexibility index (Phi) is 5.31. The minimum absolute atomic E-state index is 0.100. The van der Waals surface area contributed by atoms with E-state index in [1.54, 1.807) is 7.11 Å². The van der Waals surface area contributed by atoms with Crippen LogP contribution in [-0.2, 0) is 7.05 Å². The smallest absolute Gasteiger partial charge is 0.251 e. The lowest BCUT2D eigenvalue weighted by atomic mass is 10.0. The zero-order valence-electron chi connectivity index (χ0n) is 16.4. The molecule has 0 aliphatic carbocycles. The fraction of sp³-hybridized carbons (Fsp3) is 0.273. The van der Waals surface area contributed by atoms with E-state index in [2.05, 4.69) is 10.4 Å². The fourth-order valence-electron chi connectivity index (χ4n) is 3.45. The highest BCUT2D eigenvalue weighted by atomic mass is 16.5. The molecule has 1 heterocycles. The maximum absolute atomic E-state index is 12.7. The first-order valence-corrected chi connectivity index (χ1v) is 8.96. The number of ether oxygens (including phenoxy) is 1. The molecule has 0 radical (unpaired) electrons. The van der Waals surface area contributed by atoms with Gasteiger partial charge in [-0.15, -0.1) is 0 Å². The molecule has 0 saturated carbocycles. The molecule has 0 saturated heterocycles.